The Balaban J connectivity index is 1.86. The Labute approximate surface area is 109 Å². The summed E-state index contributed by atoms with van der Waals surface area (Å²) in [6.45, 7) is 1.48. The first-order chi connectivity index (χ1) is 8.88. The van der Waals surface area contributed by atoms with Crippen molar-refractivity contribution in [3.05, 3.63) is 28.6 Å². The molecule has 6 nitrogen and oxygen atoms in total. The van der Waals surface area contributed by atoms with Crippen molar-refractivity contribution in [3.63, 3.8) is 0 Å². The van der Waals surface area contributed by atoms with Gasteiger partial charge in [-0.15, -0.1) is 16.4 Å². The maximum atomic E-state index is 5.56. The number of hydrogen-bond donors (Lipinski definition) is 1. The van der Waals surface area contributed by atoms with Crippen LogP contribution in [0.1, 0.15) is 4.88 Å². The van der Waals surface area contributed by atoms with Gasteiger partial charge in [0, 0.05) is 17.3 Å². The minimum absolute atomic E-state index is 0.392. The minimum Gasteiger partial charge on any atom is -0.475 e. The number of nitrogens with one attached hydrogen (secondary N) is 1. The molecule has 0 bridgehead atoms. The first kappa shape index (κ1) is 12.8. The highest BCUT2D eigenvalue weighted by Gasteiger charge is 2.11. The van der Waals surface area contributed by atoms with E-state index >= 15 is 0 Å². The Morgan fingerprint density at radius 2 is 2.39 bits per heavy atom. The molecule has 1 atom stereocenters. The molecule has 0 aromatic carbocycles. The molecule has 0 amide bonds. The van der Waals surface area contributed by atoms with Crippen LogP contribution in [0.25, 0.3) is 0 Å². The number of aromatic nitrogens is 4. The van der Waals surface area contributed by atoms with E-state index in [4.69, 9.17) is 4.74 Å². The van der Waals surface area contributed by atoms with Gasteiger partial charge in [0.05, 0.1) is 6.61 Å². The van der Waals surface area contributed by atoms with Gasteiger partial charge in [-0.25, -0.2) is 0 Å². The van der Waals surface area contributed by atoms with Crippen molar-refractivity contribution in [1.82, 2.24) is 25.9 Å². The van der Waals surface area contributed by atoms with Crippen molar-refractivity contribution in [1.29, 1.82) is 0 Å². The summed E-state index contributed by atoms with van der Waals surface area (Å²) < 4.78 is 5.56. The molecule has 2 heterocycles. The molecule has 2 rings (SSSR count). The molecule has 2 aromatic rings. The highest BCUT2D eigenvalue weighted by atomic mass is 32.1. The van der Waals surface area contributed by atoms with E-state index in [1.807, 2.05) is 7.05 Å². The van der Waals surface area contributed by atoms with E-state index in [9.17, 15) is 0 Å². The molecule has 0 aliphatic carbocycles. The third-order valence-electron chi connectivity index (χ3n) is 2.43. The normalized spacial score (nSPS) is 12.3. The van der Waals surface area contributed by atoms with Crippen LogP contribution in [0, 0.1) is 5.92 Å². The molecule has 96 valence electrons. The summed E-state index contributed by atoms with van der Waals surface area (Å²) in [6.07, 6.45) is 2.46. The zero-order valence-electron chi connectivity index (χ0n) is 10.1. The molecule has 0 aliphatic rings. The van der Waals surface area contributed by atoms with Gasteiger partial charge in [-0.05, 0) is 35.3 Å². The third-order valence-corrected chi connectivity index (χ3v) is 3.33. The van der Waals surface area contributed by atoms with Gasteiger partial charge in [0.15, 0.2) is 0 Å². The van der Waals surface area contributed by atoms with Gasteiger partial charge in [-0.2, -0.15) is 0 Å². The van der Waals surface area contributed by atoms with E-state index in [-0.39, 0.29) is 0 Å². The van der Waals surface area contributed by atoms with Crippen molar-refractivity contribution in [2.75, 3.05) is 20.2 Å². The molecule has 1 unspecified atom stereocenters. The molecule has 2 aromatic heterocycles. The SMILES string of the molecule is CNCC(COc1cnnnn1)Cc1cccs1. The Morgan fingerprint density at radius 1 is 1.44 bits per heavy atom. The van der Waals surface area contributed by atoms with Gasteiger partial charge in [0.2, 0.25) is 0 Å². The summed E-state index contributed by atoms with van der Waals surface area (Å²) in [6, 6.07) is 4.21. The Bertz CT molecular complexity index is 436. The standard InChI is InChI=1S/C11H15N5OS/c1-12-6-9(5-10-3-2-4-18-10)8-17-11-7-13-15-16-14-11/h2-4,7,9,12H,5-6,8H2,1H3. The van der Waals surface area contributed by atoms with E-state index < -0.39 is 0 Å². The second kappa shape index (κ2) is 6.97. The smallest absolute Gasteiger partial charge is 0.255 e. The molecule has 0 radical (unpaired) electrons. The van der Waals surface area contributed by atoms with Crippen molar-refractivity contribution in [2.45, 2.75) is 6.42 Å². The molecule has 1 N–H and O–H groups in total. The molecule has 18 heavy (non-hydrogen) atoms. The van der Waals surface area contributed by atoms with Crippen LogP contribution < -0.4 is 10.1 Å². The third kappa shape index (κ3) is 4.01. The van der Waals surface area contributed by atoms with Crippen molar-refractivity contribution >= 4 is 11.3 Å². The summed E-state index contributed by atoms with van der Waals surface area (Å²) >= 11 is 1.77. The first-order valence-corrected chi connectivity index (χ1v) is 6.57. The van der Waals surface area contributed by atoms with Crippen LogP contribution in [0.5, 0.6) is 5.88 Å². The predicted octanol–water partition coefficient (Wildman–Crippen LogP) is 0.785. The quantitative estimate of drug-likeness (QED) is 0.797. The van der Waals surface area contributed by atoms with Gasteiger partial charge in [0.25, 0.3) is 5.88 Å². The summed E-state index contributed by atoms with van der Waals surface area (Å²) in [5.74, 6) is 0.806. The van der Waals surface area contributed by atoms with Crippen LogP contribution in [0.2, 0.25) is 0 Å². The topological polar surface area (TPSA) is 72.8 Å². The number of hydrogen-bond acceptors (Lipinski definition) is 7. The van der Waals surface area contributed by atoms with Gasteiger partial charge in [0.1, 0.15) is 6.20 Å². The van der Waals surface area contributed by atoms with Crippen molar-refractivity contribution in [3.8, 4) is 5.88 Å². The molecule has 0 aliphatic heterocycles. The van der Waals surface area contributed by atoms with E-state index in [0.717, 1.165) is 13.0 Å². The number of nitrogens with zero attached hydrogens (tertiary/aromatic N) is 4. The molecular weight excluding hydrogens is 250 g/mol. The van der Waals surface area contributed by atoms with Gasteiger partial charge in [-0.3, -0.25) is 0 Å². The fourth-order valence-corrected chi connectivity index (χ4v) is 2.47. The average molecular weight is 265 g/mol. The maximum absolute atomic E-state index is 5.56. The highest BCUT2D eigenvalue weighted by Crippen LogP contribution is 2.15. The highest BCUT2D eigenvalue weighted by molar-refractivity contribution is 7.09. The van der Waals surface area contributed by atoms with Crippen molar-refractivity contribution in [2.24, 2.45) is 5.92 Å². The van der Waals surface area contributed by atoms with Crippen LogP contribution in [0.3, 0.4) is 0 Å². The van der Waals surface area contributed by atoms with E-state index in [1.54, 1.807) is 11.3 Å². The maximum Gasteiger partial charge on any atom is 0.255 e. The molecule has 7 heteroatoms. The second-order valence-corrected chi connectivity index (χ2v) is 4.91. The van der Waals surface area contributed by atoms with Gasteiger partial charge < -0.3 is 10.1 Å². The van der Waals surface area contributed by atoms with E-state index in [2.05, 4.69) is 43.5 Å². The van der Waals surface area contributed by atoms with Crippen LogP contribution >= 0.6 is 11.3 Å². The van der Waals surface area contributed by atoms with Crippen LogP contribution in [0.15, 0.2) is 23.7 Å². The van der Waals surface area contributed by atoms with Crippen LogP contribution in [0.4, 0.5) is 0 Å². The van der Waals surface area contributed by atoms with E-state index in [0.29, 0.717) is 18.4 Å². The summed E-state index contributed by atoms with van der Waals surface area (Å²) in [7, 11) is 1.94. The van der Waals surface area contributed by atoms with Crippen LogP contribution in [-0.2, 0) is 6.42 Å². The Hall–Kier alpha value is -1.60. The Kier molecular flexibility index (Phi) is 4.98. The minimum atomic E-state index is 0.392. The summed E-state index contributed by atoms with van der Waals surface area (Å²) in [5.41, 5.74) is 0. The number of rotatable bonds is 7. The second-order valence-electron chi connectivity index (χ2n) is 3.88. The first-order valence-electron chi connectivity index (χ1n) is 5.69. The average Bonchev–Trinajstić information content (AvgIpc) is 2.90. The molecule has 0 saturated carbocycles. The van der Waals surface area contributed by atoms with E-state index in [1.165, 1.54) is 11.1 Å². The lowest BCUT2D eigenvalue weighted by atomic mass is 10.1. The lowest BCUT2D eigenvalue weighted by molar-refractivity contribution is 0.233. The number of ether oxygens (including phenoxy) is 1. The fraction of sp³-hybridized carbons (Fsp3) is 0.455. The molecule has 0 saturated heterocycles. The predicted molar refractivity (Wildman–Crippen MR) is 68.6 cm³/mol. The van der Waals surface area contributed by atoms with Crippen molar-refractivity contribution < 1.29 is 4.74 Å². The molecular formula is C11H15N5OS. The zero-order valence-corrected chi connectivity index (χ0v) is 10.9. The monoisotopic (exact) mass is 265 g/mol. The lowest BCUT2D eigenvalue weighted by Gasteiger charge is -2.15. The number of thiophene rings is 1. The lowest BCUT2D eigenvalue weighted by Crippen LogP contribution is -2.26. The summed E-state index contributed by atoms with van der Waals surface area (Å²) in [4.78, 5) is 1.36. The van der Waals surface area contributed by atoms with Gasteiger partial charge >= 0.3 is 0 Å². The Morgan fingerprint density at radius 3 is 3.06 bits per heavy atom. The fourth-order valence-electron chi connectivity index (χ4n) is 1.65. The molecule has 0 spiro atoms. The summed E-state index contributed by atoms with van der Waals surface area (Å²) in [5, 5.41) is 19.4. The zero-order chi connectivity index (χ0) is 12.6. The van der Waals surface area contributed by atoms with Gasteiger partial charge in [-0.1, -0.05) is 11.2 Å². The molecule has 0 fully saturated rings. The largest absolute Gasteiger partial charge is 0.475 e. The van der Waals surface area contributed by atoms with Crippen LogP contribution in [-0.4, -0.2) is 40.8 Å².